The number of rotatable bonds is 9. The Bertz CT molecular complexity index is 1130. The first-order valence-corrected chi connectivity index (χ1v) is 12.9. The zero-order chi connectivity index (χ0) is 26.2. The molecule has 0 aromatic heterocycles. The lowest BCUT2D eigenvalue weighted by Crippen LogP contribution is -2.48. The monoisotopic (exact) mass is 556 g/mol. The van der Waals surface area contributed by atoms with E-state index in [-0.39, 0.29) is 18.0 Å². The van der Waals surface area contributed by atoms with E-state index in [0.29, 0.717) is 41.4 Å². The highest BCUT2D eigenvalue weighted by Gasteiger charge is 2.36. The van der Waals surface area contributed by atoms with Crippen LogP contribution in [0.25, 0.3) is 0 Å². The van der Waals surface area contributed by atoms with Crippen LogP contribution in [0.3, 0.4) is 0 Å². The summed E-state index contributed by atoms with van der Waals surface area (Å²) < 4.78 is 6.41. The van der Waals surface area contributed by atoms with Gasteiger partial charge in [0.25, 0.3) is 0 Å². The molecule has 0 bridgehead atoms. The van der Waals surface area contributed by atoms with Crippen LogP contribution in [0.1, 0.15) is 52.1 Å². The van der Waals surface area contributed by atoms with Crippen molar-refractivity contribution in [3.63, 3.8) is 0 Å². The average molecular weight is 557 g/mol. The van der Waals surface area contributed by atoms with Gasteiger partial charge in [-0.2, -0.15) is 0 Å². The summed E-state index contributed by atoms with van der Waals surface area (Å²) >= 11 is 3.38. The number of urea groups is 2. The van der Waals surface area contributed by atoms with E-state index in [2.05, 4.69) is 38.8 Å². The molecule has 1 aliphatic rings. The molecule has 1 aliphatic heterocycles. The van der Waals surface area contributed by atoms with E-state index in [9.17, 15) is 14.4 Å². The van der Waals surface area contributed by atoms with Crippen LogP contribution in [-0.4, -0.2) is 36.1 Å². The Hall–Kier alpha value is -3.33. The fourth-order valence-corrected chi connectivity index (χ4v) is 4.22. The van der Waals surface area contributed by atoms with Gasteiger partial charge in [0, 0.05) is 28.1 Å². The summed E-state index contributed by atoms with van der Waals surface area (Å²) in [5, 5.41) is 8.53. The summed E-state index contributed by atoms with van der Waals surface area (Å²) in [5.74, 6) is -0.250. The molecule has 192 valence electrons. The number of halogens is 1. The molecule has 3 rings (SSSR count). The predicted octanol–water partition coefficient (Wildman–Crippen LogP) is 6.43. The van der Waals surface area contributed by atoms with Crippen molar-refractivity contribution in [3.05, 3.63) is 69.8 Å². The van der Waals surface area contributed by atoms with E-state index >= 15 is 0 Å². The summed E-state index contributed by atoms with van der Waals surface area (Å²) in [5.41, 5.74) is 2.96. The van der Waals surface area contributed by atoms with Crippen LogP contribution < -0.4 is 16.0 Å². The minimum atomic E-state index is -0.653. The van der Waals surface area contributed by atoms with Gasteiger partial charge in [0.1, 0.15) is 0 Å². The quantitative estimate of drug-likeness (QED) is 0.309. The summed E-state index contributed by atoms with van der Waals surface area (Å²) in [6, 6.07) is 13.0. The number of amides is 4. The third-order valence-corrected chi connectivity index (χ3v) is 6.18. The molecule has 0 saturated heterocycles. The normalized spacial score (nSPS) is 15.6. The van der Waals surface area contributed by atoms with Crippen molar-refractivity contribution in [1.29, 1.82) is 0 Å². The van der Waals surface area contributed by atoms with Crippen molar-refractivity contribution < 1.29 is 19.1 Å². The fraction of sp³-hybridized carbons (Fsp3) is 0.370. The van der Waals surface area contributed by atoms with Gasteiger partial charge in [0.05, 0.1) is 18.2 Å². The Morgan fingerprint density at radius 1 is 1.11 bits per heavy atom. The van der Waals surface area contributed by atoms with Crippen molar-refractivity contribution in [2.75, 3.05) is 23.8 Å². The van der Waals surface area contributed by atoms with Crippen LogP contribution in [0.2, 0.25) is 0 Å². The number of hydrogen-bond donors (Lipinski definition) is 3. The second-order valence-corrected chi connectivity index (χ2v) is 10.0. The molecule has 3 N–H and O–H groups in total. The molecule has 8 nitrogen and oxygen atoms in total. The van der Waals surface area contributed by atoms with Gasteiger partial charge in [-0.15, -0.1) is 0 Å². The second-order valence-electron chi connectivity index (χ2n) is 9.09. The van der Waals surface area contributed by atoms with E-state index in [1.54, 1.807) is 48.2 Å². The molecular weight excluding hydrogens is 524 g/mol. The van der Waals surface area contributed by atoms with Crippen molar-refractivity contribution in [2.24, 2.45) is 5.92 Å². The Morgan fingerprint density at radius 3 is 2.44 bits per heavy atom. The number of hydrogen-bond acceptors (Lipinski definition) is 4. The van der Waals surface area contributed by atoms with Crippen LogP contribution >= 0.6 is 15.9 Å². The zero-order valence-corrected chi connectivity index (χ0v) is 22.6. The van der Waals surface area contributed by atoms with Crippen molar-refractivity contribution in [3.8, 4) is 0 Å². The first kappa shape index (κ1) is 27.3. The Balaban J connectivity index is 1.80. The summed E-state index contributed by atoms with van der Waals surface area (Å²) in [6.45, 7) is 8.60. The minimum Gasteiger partial charge on any atom is -0.462 e. The first-order chi connectivity index (χ1) is 17.2. The standard InChI is InChI=1S/C27H33BrN4O4/c1-5-6-14-32-18(4)23(25(33)36-16-17(2)3)24(31-27(32)35)19-10-12-21(13-11-19)29-26(34)30-22-9-7-8-20(28)15-22/h7-13,15,17,24H,5-6,14,16H2,1-4H3,(H,31,35)(H2,29,30,34). The lowest BCUT2D eigenvalue weighted by Gasteiger charge is -2.35. The Kier molecular flexibility index (Phi) is 9.52. The number of carbonyl (C=O) groups is 3. The third kappa shape index (κ3) is 7.10. The molecular formula is C27H33BrN4O4. The molecule has 2 aromatic rings. The number of carbonyl (C=O) groups excluding carboxylic acids is 3. The van der Waals surface area contributed by atoms with Crippen LogP contribution in [-0.2, 0) is 9.53 Å². The molecule has 1 heterocycles. The molecule has 0 fully saturated rings. The predicted molar refractivity (Wildman–Crippen MR) is 145 cm³/mol. The van der Waals surface area contributed by atoms with Crippen LogP contribution in [0.5, 0.6) is 0 Å². The number of benzene rings is 2. The van der Waals surface area contributed by atoms with E-state index in [4.69, 9.17) is 4.74 Å². The number of esters is 1. The highest BCUT2D eigenvalue weighted by molar-refractivity contribution is 9.10. The van der Waals surface area contributed by atoms with Crippen molar-refractivity contribution in [1.82, 2.24) is 10.2 Å². The van der Waals surface area contributed by atoms with Crippen LogP contribution in [0.4, 0.5) is 21.0 Å². The minimum absolute atomic E-state index is 0.191. The maximum absolute atomic E-state index is 13.1. The van der Waals surface area contributed by atoms with Gasteiger partial charge in [-0.1, -0.05) is 61.3 Å². The fourth-order valence-electron chi connectivity index (χ4n) is 3.82. The molecule has 36 heavy (non-hydrogen) atoms. The van der Waals surface area contributed by atoms with E-state index in [1.807, 2.05) is 26.0 Å². The molecule has 1 atom stereocenters. The number of ether oxygens (including phenoxy) is 1. The van der Waals surface area contributed by atoms with Crippen molar-refractivity contribution in [2.45, 2.75) is 46.6 Å². The smallest absolute Gasteiger partial charge is 0.338 e. The highest BCUT2D eigenvalue weighted by atomic mass is 79.9. The molecule has 1 unspecified atom stereocenters. The highest BCUT2D eigenvalue weighted by Crippen LogP contribution is 2.32. The van der Waals surface area contributed by atoms with E-state index in [1.165, 1.54) is 0 Å². The number of allylic oxidation sites excluding steroid dienone is 1. The van der Waals surface area contributed by atoms with Gasteiger partial charge in [-0.3, -0.25) is 4.90 Å². The zero-order valence-electron chi connectivity index (χ0n) is 21.1. The van der Waals surface area contributed by atoms with Gasteiger partial charge in [-0.25, -0.2) is 14.4 Å². The molecule has 2 aromatic carbocycles. The van der Waals surface area contributed by atoms with Gasteiger partial charge in [0.15, 0.2) is 0 Å². The van der Waals surface area contributed by atoms with Gasteiger partial charge >= 0.3 is 18.0 Å². The molecule has 4 amide bonds. The average Bonchev–Trinajstić information content (AvgIpc) is 2.82. The lowest BCUT2D eigenvalue weighted by atomic mass is 9.94. The molecule has 0 spiro atoms. The summed E-state index contributed by atoms with van der Waals surface area (Å²) in [4.78, 5) is 40.0. The van der Waals surface area contributed by atoms with Crippen LogP contribution in [0.15, 0.2) is 64.3 Å². The van der Waals surface area contributed by atoms with E-state index < -0.39 is 12.0 Å². The Labute approximate surface area is 220 Å². The number of unbranched alkanes of at least 4 members (excludes halogenated alkanes) is 1. The summed E-state index contributed by atoms with van der Waals surface area (Å²) in [6.07, 6.45) is 1.75. The number of nitrogens with zero attached hydrogens (tertiary/aromatic N) is 1. The maximum atomic E-state index is 13.1. The van der Waals surface area contributed by atoms with Gasteiger partial charge in [-0.05, 0) is 55.2 Å². The number of nitrogens with one attached hydrogen (secondary N) is 3. The number of anilines is 2. The first-order valence-electron chi connectivity index (χ1n) is 12.1. The SMILES string of the molecule is CCCCN1C(=O)NC(c2ccc(NC(=O)Nc3cccc(Br)c3)cc2)C(C(=O)OCC(C)C)=C1C. The largest absolute Gasteiger partial charge is 0.462 e. The van der Waals surface area contributed by atoms with Gasteiger partial charge < -0.3 is 20.7 Å². The maximum Gasteiger partial charge on any atom is 0.338 e. The Morgan fingerprint density at radius 2 is 1.81 bits per heavy atom. The molecule has 0 radical (unpaired) electrons. The summed E-state index contributed by atoms with van der Waals surface area (Å²) in [7, 11) is 0. The molecule has 0 aliphatic carbocycles. The lowest BCUT2D eigenvalue weighted by molar-refractivity contribution is -0.140. The van der Waals surface area contributed by atoms with Crippen molar-refractivity contribution >= 4 is 45.3 Å². The second kappa shape index (κ2) is 12.6. The molecule has 9 heteroatoms. The van der Waals surface area contributed by atoms with Crippen LogP contribution in [0, 0.1) is 5.92 Å². The van der Waals surface area contributed by atoms with Gasteiger partial charge in [0.2, 0.25) is 0 Å². The topological polar surface area (TPSA) is 99.8 Å². The molecule has 0 saturated carbocycles. The third-order valence-electron chi connectivity index (χ3n) is 5.68. The van der Waals surface area contributed by atoms with E-state index in [0.717, 1.165) is 17.3 Å².